The molecule has 1 radical (unpaired) electrons. The van der Waals surface area contributed by atoms with Gasteiger partial charge in [0.05, 0.1) is 0 Å². The van der Waals surface area contributed by atoms with Crippen LogP contribution in [-0.2, 0) is 30.9 Å². The maximum absolute atomic E-state index is 6.35. The van der Waals surface area contributed by atoms with Crippen molar-refractivity contribution in [2.45, 2.75) is 64.9 Å². The molecule has 0 saturated heterocycles. The molecule has 4 heteroatoms. The summed E-state index contributed by atoms with van der Waals surface area (Å²) >= 11 is 0. The van der Waals surface area contributed by atoms with Gasteiger partial charge in [-0.25, -0.2) is 0 Å². The van der Waals surface area contributed by atoms with Crippen LogP contribution in [0.1, 0.15) is 59.6 Å². The van der Waals surface area contributed by atoms with Gasteiger partial charge in [0.2, 0.25) is 0 Å². The van der Waals surface area contributed by atoms with E-state index < -0.39 is 0 Å². The molecule has 2 aromatic carbocycles. The summed E-state index contributed by atoms with van der Waals surface area (Å²) in [6.07, 6.45) is 0. The second-order valence-electron chi connectivity index (χ2n) is 9.88. The molecule has 2 heterocycles. The number of hydrogen-bond donors (Lipinski definition) is 0. The third-order valence-electron chi connectivity index (χ3n) is 6.47. The summed E-state index contributed by atoms with van der Waals surface area (Å²) in [5.74, 6) is 0.990. The van der Waals surface area contributed by atoms with Gasteiger partial charge in [0.1, 0.15) is 11.4 Å². The normalized spacial score (nSPS) is 19.0. The Morgan fingerprint density at radius 2 is 1.71 bits per heavy atom. The third kappa shape index (κ3) is 3.06. The predicted molar refractivity (Wildman–Crippen MR) is 113 cm³/mol. The minimum atomic E-state index is -0.224. The van der Waals surface area contributed by atoms with Crippen LogP contribution in [0.25, 0.3) is 0 Å². The summed E-state index contributed by atoms with van der Waals surface area (Å²) in [5, 5.41) is 0. The molecule has 0 aliphatic carbocycles. The van der Waals surface area contributed by atoms with Crippen LogP contribution in [0.4, 0.5) is 17.1 Å². The van der Waals surface area contributed by atoms with Gasteiger partial charge in [-0.3, -0.25) is 0 Å². The molecule has 2 aromatic rings. The van der Waals surface area contributed by atoms with Crippen LogP contribution in [0.2, 0.25) is 0 Å². The zero-order valence-corrected chi connectivity index (χ0v) is 20.5. The van der Waals surface area contributed by atoms with Crippen molar-refractivity contribution in [3.63, 3.8) is 0 Å². The van der Waals surface area contributed by atoms with E-state index in [1.807, 2.05) is 0 Å². The van der Waals surface area contributed by atoms with Crippen molar-refractivity contribution in [2.75, 3.05) is 16.8 Å². The molecule has 153 valence electrons. The van der Waals surface area contributed by atoms with E-state index >= 15 is 0 Å². The Bertz CT molecular complexity index is 894. The Morgan fingerprint density at radius 1 is 1.04 bits per heavy atom. The molecule has 28 heavy (non-hydrogen) atoms. The summed E-state index contributed by atoms with van der Waals surface area (Å²) in [6, 6.07) is 14.4. The Labute approximate surface area is 183 Å². The molecule has 0 amide bonds. The van der Waals surface area contributed by atoms with Crippen molar-refractivity contribution in [1.29, 1.82) is 0 Å². The first-order valence-corrected chi connectivity index (χ1v) is 9.69. The van der Waals surface area contributed by atoms with Crippen LogP contribution < -0.4 is 14.5 Å². The summed E-state index contributed by atoms with van der Waals surface area (Å²) < 4.78 is 6.35. The van der Waals surface area contributed by atoms with E-state index in [0.717, 1.165) is 17.1 Å². The molecule has 0 saturated carbocycles. The van der Waals surface area contributed by atoms with Gasteiger partial charge >= 0.3 is 0 Å². The van der Waals surface area contributed by atoms with Crippen molar-refractivity contribution >= 4 is 17.1 Å². The van der Waals surface area contributed by atoms with Gasteiger partial charge in [-0.15, -0.1) is 11.8 Å². The van der Waals surface area contributed by atoms with Crippen LogP contribution in [0.5, 0.6) is 5.75 Å². The first-order valence-electron chi connectivity index (χ1n) is 9.69. The molecule has 2 aliphatic rings. The summed E-state index contributed by atoms with van der Waals surface area (Å²) in [4.78, 5) is 4.38. The maximum atomic E-state index is 6.35. The average Bonchev–Trinajstić information content (AvgIpc) is 2.97. The first-order chi connectivity index (χ1) is 12.4. The zero-order chi connectivity index (χ0) is 19.8. The Hall–Kier alpha value is -1.51. The molecule has 0 N–H and O–H groups in total. The molecule has 0 fully saturated rings. The number of rotatable bonds is 1. The monoisotopic (exact) mass is 555 g/mol. The number of fused-ring (bicyclic) bond motifs is 2. The van der Waals surface area contributed by atoms with E-state index in [4.69, 9.17) is 4.74 Å². The molecule has 0 spiro atoms. The Balaban J connectivity index is 0.00000225. The largest absolute Gasteiger partial charge is 0.504 e. The average molecular weight is 555 g/mol. The van der Waals surface area contributed by atoms with Gasteiger partial charge in [-0.1, -0.05) is 40.0 Å². The SMILES string of the molecule is CN1[CH-]N(c2[c-]cc(C(C)(C)C)cc2)c2cc3c(cc21)C(C)(C)C(C)(C)O3.[Ir]. The van der Waals surface area contributed by atoms with E-state index in [1.54, 1.807) is 0 Å². The number of nitrogens with zero attached hydrogens (tertiary/aromatic N) is 2. The minimum absolute atomic E-state index is 0. The minimum Gasteiger partial charge on any atom is -0.504 e. The van der Waals surface area contributed by atoms with E-state index in [9.17, 15) is 0 Å². The molecule has 0 bridgehead atoms. The molecule has 2 aliphatic heterocycles. The van der Waals surface area contributed by atoms with Gasteiger partial charge in [0.15, 0.2) is 0 Å². The van der Waals surface area contributed by atoms with Crippen LogP contribution >= 0.6 is 0 Å². The Morgan fingerprint density at radius 3 is 2.29 bits per heavy atom. The fraction of sp³-hybridized carbons (Fsp3) is 0.458. The number of benzene rings is 2. The summed E-state index contributed by atoms with van der Waals surface area (Å²) in [6.45, 7) is 17.7. The van der Waals surface area contributed by atoms with E-state index in [-0.39, 0.29) is 36.5 Å². The predicted octanol–water partition coefficient (Wildman–Crippen LogP) is 5.94. The summed E-state index contributed by atoms with van der Waals surface area (Å²) in [7, 11) is 2.10. The van der Waals surface area contributed by atoms with Gasteiger partial charge in [-0.05, 0) is 27.0 Å². The molecule has 3 nitrogen and oxygen atoms in total. The molecular formula is C24H30IrN2O-2. The van der Waals surface area contributed by atoms with Gasteiger partial charge < -0.3 is 14.5 Å². The third-order valence-corrected chi connectivity index (χ3v) is 6.47. The maximum Gasteiger partial charge on any atom is 0.126 e. The second-order valence-corrected chi connectivity index (χ2v) is 9.88. The molecule has 0 aromatic heterocycles. The standard InChI is InChI=1S/C24H30N2O.Ir/c1-22(2,3)16-9-11-17(12-10-16)26-15-25(8)19-13-18-21(14-20(19)26)27-24(6,7)23(18,4)5;/h9-11,13-15H,1-8H3;/q-2;. The quantitative estimate of drug-likeness (QED) is 0.406. The van der Waals surface area contributed by atoms with Crippen molar-refractivity contribution in [3.8, 4) is 5.75 Å². The van der Waals surface area contributed by atoms with Crippen LogP contribution in [0.3, 0.4) is 0 Å². The van der Waals surface area contributed by atoms with Crippen molar-refractivity contribution in [3.05, 3.63) is 54.2 Å². The zero-order valence-electron chi connectivity index (χ0n) is 18.1. The first kappa shape index (κ1) is 21.2. The number of hydrogen-bond acceptors (Lipinski definition) is 3. The molecule has 4 rings (SSSR count). The molecule has 0 unspecified atom stereocenters. The van der Waals surface area contributed by atoms with Gasteiger partial charge in [-0.2, -0.15) is 30.4 Å². The summed E-state index contributed by atoms with van der Waals surface area (Å²) in [5.41, 5.74) is 5.83. The molecule has 0 atom stereocenters. The number of anilines is 3. The van der Waals surface area contributed by atoms with E-state index in [0.29, 0.717) is 0 Å². The van der Waals surface area contributed by atoms with E-state index in [1.165, 1.54) is 16.8 Å². The van der Waals surface area contributed by atoms with Gasteiger partial charge in [0, 0.05) is 48.5 Å². The second kappa shape index (κ2) is 6.50. The fourth-order valence-corrected chi connectivity index (χ4v) is 3.86. The molecular weight excluding hydrogens is 524 g/mol. The fourth-order valence-electron chi connectivity index (χ4n) is 3.86. The topological polar surface area (TPSA) is 15.7 Å². The van der Waals surface area contributed by atoms with Crippen LogP contribution in [0.15, 0.2) is 30.3 Å². The van der Waals surface area contributed by atoms with Crippen molar-refractivity contribution in [2.24, 2.45) is 0 Å². The van der Waals surface area contributed by atoms with Crippen molar-refractivity contribution in [1.82, 2.24) is 0 Å². The van der Waals surface area contributed by atoms with E-state index in [2.05, 4.69) is 108 Å². The smallest absolute Gasteiger partial charge is 0.126 e. The van der Waals surface area contributed by atoms with Crippen LogP contribution in [-0.4, -0.2) is 12.6 Å². The van der Waals surface area contributed by atoms with Crippen molar-refractivity contribution < 1.29 is 24.8 Å². The number of ether oxygens (including phenoxy) is 1. The van der Waals surface area contributed by atoms with Crippen LogP contribution in [0, 0.1) is 12.7 Å². The van der Waals surface area contributed by atoms with Gasteiger partial charge in [0.25, 0.3) is 0 Å². The Kier molecular flexibility index (Phi) is 4.92.